The standard InChI is InChI=1S/C18H15ClN2O3S/c1-24-17(23)14-4-2-3-5-15(14)20-18(25)21-16(22)11-8-12-6-9-13(19)10-7-12/h2-11H,1H3,(H2,20,21,22,25). The Morgan fingerprint density at radius 1 is 1.12 bits per heavy atom. The van der Waals surface area contributed by atoms with E-state index < -0.39 is 11.9 Å². The molecule has 2 aromatic rings. The van der Waals surface area contributed by atoms with Gasteiger partial charge in [-0.05, 0) is 48.1 Å². The van der Waals surface area contributed by atoms with Crippen LogP contribution in [0.1, 0.15) is 15.9 Å². The minimum atomic E-state index is -0.500. The van der Waals surface area contributed by atoms with Crippen LogP contribution in [0.15, 0.2) is 54.6 Å². The zero-order valence-electron chi connectivity index (χ0n) is 13.3. The lowest BCUT2D eigenvalue weighted by Gasteiger charge is -2.11. The van der Waals surface area contributed by atoms with Crippen molar-refractivity contribution in [2.24, 2.45) is 0 Å². The Morgan fingerprint density at radius 2 is 1.80 bits per heavy atom. The number of esters is 1. The van der Waals surface area contributed by atoms with Gasteiger partial charge in [0.05, 0.1) is 18.4 Å². The maximum atomic E-state index is 11.9. The number of carbonyl (C=O) groups is 2. The van der Waals surface area contributed by atoms with Crippen molar-refractivity contribution in [3.63, 3.8) is 0 Å². The highest BCUT2D eigenvalue weighted by Gasteiger charge is 2.12. The van der Waals surface area contributed by atoms with Crippen molar-refractivity contribution in [2.45, 2.75) is 0 Å². The molecule has 0 aliphatic rings. The van der Waals surface area contributed by atoms with Gasteiger partial charge in [-0.25, -0.2) is 4.79 Å². The quantitative estimate of drug-likeness (QED) is 0.485. The number of carbonyl (C=O) groups excluding carboxylic acids is 2. The third-order valence-electron chi connectivity index (χ3n) is 3.11. The number of thiocarbonyl (C=S) groups is 1. The summed E-state index contributed by atoms with van der Waals surface area (Å²) in [4.78, 5) is 23.6. The molecule has 5 nitrogen and oxygen atoms in total. The van der Waals surface area contributed by atoms with Crippen molar-refractivity contribution in [1.29, 1.82) is 0 Å². The Balaban J connectivity index is 1.97. The molecule has 0 heterocycles. The molecule has 1 amide bonds. The lowest BCUT2D eigenvalue weighted by Crippen LogP contribution is -2.33. The van der Waals surface area contributed by atoms with Crippen LogP contribution in [0.5, 0.6) is 0 Å². The number of benzene rings is 2. The summed E-state index contributed by atoms with van der Waals surface area (Å²) in [7, 11) is 1.29. The summed E-state index contributed by atoms with van der Waals surface area (Å²) in [6.07, 6.45) is 2.99. The fraction of sp³-hybridized carbons (Fsp3) is 0.0556. The molecule has 2 aromatic carbocycles. The van der Waals surface area contributed by atoms with Crippen LogP contribution in [0.2, 0.25) is 5.02 Å². The van der Waals surface area contributed by atoms with E-state index in [1.165, 1.54) is 13.2 Å². The first-order chi connectivity index (χ1) is 12.0. The number of methoxy groups -OCH3 is 1. The first-order valence-electron chi connectivity index (χ1n) is 7.22. The molecule has 25 heavy (non-hydrogen) atoms. The van der Waals surface area contributed by atoms with Crippen LogP contribution < -0.4 is 10.6 Å². The zero-order chi connectivity index (χ0) is 18.2. The van der Waals surface area contributed by atoms with Gasteiger partial charge in [-0.1, -0.05) is 35.9 Å². The summed E-state index contributed by atoms with van der Waals surface area (Å²) < 4.78 is 4.71. The van der Waals surface area contributed by atoms with E-state index in [1.807, 2.05) is 0 Å². The van der Waals surface area contributed by atoms with Crippen LogP contribution >= 0.6 is 23.8 Å². The van der Waals surface area contributed by atoms with Gasteiger partial charge in [-0.2, -0.15) is 0 Å². The average Bonchev–Trinajstić information content (AvgIpc) is 2.61. The van der Waals surface area contributed by atoms with Gasteiger partial charge in [0.2, 0.25) is 5.91 Å². The molecular formula is C18H15ClN2O3S. The van der Waals surface area contributed by atoms with Gasteiger partial charge in [-0.3, -0.25) is 10.1 Å². The molecule has 2 N–H and O–H groups in total. The van der Waals surface area contributed by atoms with Crippen LogP contribution in [0, 0.1) is 0 Å². The SMILES string of the molecule is COC(=O)c1ccccc1NC(=S)NC(=O)C=Cc1ccc(Cl)cc1. The van der Waals surface area contributed by atoms with E-state index in [4.69, 9.17) is 28.6 Å². The number of amides is 1. The first kappa shape index (κ1) is 18.6. The van der Waals surface area contributed by atoms with E-state index in [0.29, 0.717) is 16.3 Å². The van der Waals surface area contributed by atoms with E-state index in [2.05, 4.69) is 10.6 Å². The number of hydrogen-bond acceptors (Lipinski definition) is 4. The second-order valence-corrected chi connectivity index (χ2v) is 5.71. The molecule has 0 atom stereocenters. The number of para-hydroxylation sites is 1. The Kier molecular flexibility index (Phi) is 6.68. The number of ether oxygens (including phenoxy) is 1. The van der Waals surface area contributed by atoms with Crippen LogP contribution in [0.25, 0.3) is 6.08 Å². The third-order valence-corrected chi connectivity index (χ3v) is 3.57. The molecule has 0 aliphatic heterocycles. The monoisotopic (exact) mass is 374 g/mol. The fourth-order valence-electron chi connectivity index (χ4n) is 1.93. The number of halogens is 1. The molecule has 0 spiro atoms. The Labute approximate surface area is 155 Å². The molecule has 2 rings (SSSR count). The highest BCUT2D eigenvalue weighted by Crippen LogP contribution is 2.16. The minimum Gasteiger partial charge on any atom is -0.465 e. The highest BCUT2D eigenvalue weighted by molar-refractivity contribution is 7.80. The van der Waals surface area contributed by atoms with Gasteiger partial charge in [0.15, 0.2) is 5.11 Å². The largest absolute Gasteiger partial charge is 0.465 e. The van der Waals surface area contributed by atoms with E-state index in [1.54, 1.807) is 54.6 Å². The molecule has 0 aromatic heterocycles. The molecule has 0 unspecified atom stereocenters. The van der Waals surface area contributed by atoms with Crippen molar-refractivity contribution in [2.75, 3.05) is 12.4 Å². The Hall–Kier alpha value is -2.70. The Bertz CT molecular complexity index is 819. The molecule has 7 heteroatoms. The van der Waals surface area contributed by atoms with Crippen molar-refractivity contribution in [3.8, 4) is 0 Å². The van der Waals surface area contributed by atoms with E-state index in [9.17, 15) is 9.59 Å². The number of rotatable bonds is 4. The number of hydrogen-bond donors (Lipinski definition) is 2. The lowest BCUT2D eigenvalue weighted by molar-refractivity contribution is -0.115. The van der Waals surface area contributed by atoms with Gasteiger partial charge < -0.3 is 10.1 Å². The maximum absolute atomic E-state index is 11.9. The van der Waals surface area contributed by atoms with Crippen LogP contribution in [0.3, 0.4) is 0 Å². The second kappa shape index (κ2) is 8.96. The second-order valence-electron chi connectivity index (χ2n) is 4.87. The summed E-state index contributed by atoms with van der Waals surface area (Å²) >= 11 is 10.9. The predicted octanol–water partition coefficient (Wildman–Crippen LogP) is 3.65. The average molecular weight is 375 g/mol. The summed E-state index contributed by atoms with van der Waals surface area (Å²) in [5, 5.41) is 6.01. The van der Waals surface area contributed by atoms with Crippen molar-refractivity contribution >= 4 is 52.6 Å². The molecule has 0 radical (unpaired) electrons. The summed E-state index contributed by atoms with van der Waals surface area (Å²) in [5.41, 5.74) is 1.59. The van der Waals surface area contributed by atoms with Crippen LogP contribution in [-0.2, 0) is 9.53 Å². The summed E-state index contributed by atoms with van der Waals surface area (Å²) in [5.74, 6) is -0.900. The Morgan fingerprint density at radius 3 is 2.48 bits per heavy atom. The van der Waals surface area contributed by atoms with E-state index in [0.717, 1.165) is 5.56 Å². The third kappa shape index (κ3) is 5.70. The summed E-state index contributed by atoms with van der Waals surface area (Å²) in [6.45, 7) is 0. The van der Waals surface area contributed by atoms with Gasteiger partial charge in [-0.15, -0.1) is 0 Å². The fourth-order valence-corrected chi connectivity index (χ4v) is 2.27. The number of nitrogens with one attached hydrogen (secondary N) is 2. The van der Waals surface area contributed by atoms with Crippen molar-refractivity contribution in [3.05, 3.63) is 70.8 Å². The first-order valence-corrected chi connectivity index (χ1v) is 8.01. The predicted molar refractivity (Wildman–Crippen MR) is 103 cm³/mol. The molecule has 0 saturated heterocycles. The van der Waals surface area contributed by atoms with Crippen LogP contribution in [-0.4, -0.2) is 24.1 Å². The molecule has 0 aliphatic carbocycles. The lowest BCUT2D eigenvalue weighted by atomic mass is 10.2. The summed E-state index contributed by atoms with van der Waals surface area (Å²) in [6, 6.07) is 13.7. The van der Waals surface area contributed by atoms with Crippen LogP contribution in [0.4, 0.5) is 5.69 Å². The van der Waals surface area contributed by atoms with Gasteiger partial charge in [0, 0.05) is 11.1 Å². The molecule has 0 saturated carbocycles. The maximum Gasteiger partial charge on any atom is 0.339 e. The van der Waals surface area contributed by atoms with Gasteiger partial charge in [0.1, 0.15) is 0 Å². The highest BCUT2D eigenvalue weighted by atomic mass is 35.5. The molecule has 0 fully saturated rings. The van der Waals surface area contributed by atoms with Crippen molar-refractivity contribution in [1.82, 2.24) is 5.32 Å². The van der Waals surface area contributed by atoms with Gasteiger partial charge >= 0.3 is 5.97 Å². The van der Waals surface area contributed by atoms with E-state index >= 15 is 0 Å². The topological polar surface area (TPSA) is 67.4 Å². The molecule has 128 valence electrons. The van der Waals surface area contributed by atoms with Gasteiger partial charge in [0.25, 0.3) is 0 Å². The minimum absolute atomic E-state index is 0.0714. The number of anilines is 1. The zero-order valence-corrected chi connectivity index (χ0v) is 14.9. The normalized spacial score (nSPS) is 10.3. The van der Waals surface area contributed by atoms with E-state index in [-0.39, 0.29) is 5.11 Å². The van der Waals surface area contributed by atoms with Crippen molar-refractivity contribution < 1.29 is 14.3 Å². The molecular weight excluding hydrogens is 360 g/mol. The smallest absolute Gasteiger partial charge is 0.339 e. The molecule has 0 bridgehead atoms.